The zero-order valence-electron chi connectivity index (χ0n) is 17.4. The molecule has 1 aliphatic heterocycles. The van der Waals surface area contributed by atoms with Crippen LogP contribution in [0.1, 0.15) is 54.4 Å². The summed E-state index contributed by atoms with van der Waals surface area (Å²) >= 11 is 1.87. The van der Waals surface area contributed by atoms with E-state index in [0.29, 0.717) is 5.92 Å². The van der Waals surface area contributed by atoms with Crippen LogP contribution in [0, 0.1) is 0 Å². The van der Waals surface area contributed by atoms with Gasteiger partial charge in [0.2, 0.25) is 0 Å². The predicted molar refractivity (Wildman–Crippen MR) is 129 cm³/mol. The highest BCUT2D eigenvalue weighted by molar-refractivity contribution is 8.04. The van der Waals surface area contributed by atoms with E-state index in [9.17, 15) is 0 Å². The molecule has 0 saturated carbocycles. The van der Waals surface area contributed by atoms with Crippen molar-refractivity contribution in [2.24, 2.45) is 4.99 Å². The van der Waals surface area contributed by atoms with Crippen LogP contribution in [0.3, 0.4) is 0 Å². The van der Waals surface area contributed by atoms with Gasteiger partial charge in [0, 0.05) is 21.6 Å². The smallest absolute Gasteiger partial charge is 0.0815 e. The van der Waals surface area contributed by atoms with Gasteiger partial charge in [0.25, 0.3) is 0 Å². The minimum Gasteiger partial charge on any atom is -0.246 e. The molecule has 0 radical (unpaired) electrons. The summed E-state index contributed by atoms with van der Waals surface area (Å²) in [6.07, 6.45) is 7.65. The molecule has 30 heavy (non-hydrogen) atoms. The number of fused-ring (bicyclic) bond motifs is 2. The van der Waals surface area contributed by atoms with Gasteiger partial charge in [0.15, 0.2) is 0 Å². The minimum atomic E-state index is 0.283. The van der Waals surface area contributed by atoms with E-state index in [4.69, 9.17) is 4.99 Å². The quantitative estimate of drug-likeness (QED) is 0.426. The standard InChI is InChI=1S/C28H25NS/c1-19(21-11-5-3-6-12-21)23-17-24(20(2)22-13-7-4-8-14-22)28-27(18-23)30-26-16-10-9-15-25(26)29-28/h3-9,11-20H,10H2,1-2H3. The Morgan fingerprint density at radius 3 is 2.17 bits per heavy atom. The first-order chi connectivity index (χ1) is 14.7. The van der Waals surface area contributed by atoms with Gasteiger partial charge in [-0.05, 0) is 40.8 Å². The maximum Gasteiger partial charge on any atom is 0.0815 e. The van der Waals surface area contributed by atoms with E-state index >= 15 is 0 Å². The molecule has 2 unspecified atom stereocenters. The van der Waals surface area contributed by atoms with E-state index < -0.39 is 0 Å². The fourth-order valence-electron chi connectivity index (χ4n) is 4.25. The highest BCUT2D eigenvalue weighted by atomic mass is 32.2. The third-order valence-corrected chi connectivity index (χ3v) is 7.24. The van der Waals surface area contributed by atoms with E-state index in [1.165, 1.54) is 32.1 Å². The van der Waals surface area contributed by atoms with Crippen molar-refractivity contribution in [2.45, 2.75) is 37.0 Å². The van der Waals surface area contributed by atoms with Crippen molar-refractivity contribution in [3.63, 3.8) is 0 Å². The molecule has 1 aliphatic carbocycles. The van der Waals surface area contributed by atoms with E-state index in [0.717, 1.165) is 17.8 Å². The fraction of sp³-hybridized carbons (Fsp3) is 0.179. The summed E-state index contributed by atoms with van der Waals surface area (Å²) < 4.78 is 0. The Bertz CT molecular complexity index is 1160. The zero-order chi connectivity index (χ0) is 20.5. The first-order valence-electron chi connectivity index (χ1n) is 10.6. The summed E-state index contributed by atoms with van der Waals surface area (Å²) in [7, 11) is 0. The maximum absolute atomic E-state index is 5.13. The maximum atomic E-state index is 5.13. The Kier molecular flexibility index (Phi) is 5.18. The molecule has 0 spiro atoms. The van der Waals surface area contributed by atoms with Gasteiger partial charge in [0.05, 0.1) is 11.4 Å². The van der Waals surface area contributed by atoms with Gasteiger partial charge in [-0.2, -0.15) is 0 Å². The van der Waals surface area contributed by atoms with Gasteiger partial charge in [0.1, 0.15) is 0 Å². The average molecular weight is 408 g/mol. The molecular weight excluding hydrogens is 382 g/mol. The van der Waals surface area contributed by atoms with Crippen molar-refractivity contribution >= 4 is 23.2 Å². The third-order valence-electron chi connectivity index (χ3n) is 6.11. The molecule has 3 aromatic rings. The van der Waals surface area contributed by atoms with Crippen molar-refractivity contribution in [1.29, 1.82) is 0 Å². The van der Waals surface area contributed by atoms with Gasteiger partial charge in [-0.25, -0.2) is 4.99 Å². The van der Waals surface area contributed by atoms with Crippen LogP contribution in [0.4, 0.5) is 5.69 Å². The van der Waals surface area contributed by atoms with Crippen LogP contribution >= 0.6 is 11.8 Å². The van der Waals surface area contributed by atoms with Gasteiger partial charge >= 0.3 is 0 Å². The van der Waals surface area contributed by atoms with Crippen LogP contribution in [0.15, 0.2) is 106 Å². The Morgan fingerprint density at radius 2 is 1.47 bits per heavy atom. The first-order valence-corrected chi connectivity index (χ1v) is 11.4. The van der Waals surface area contributed by atoms with Gasteiger partial charge in [-0.1, -0.05) is 104 Å². The number of aliphatic imine (C=N–C) groups is 1. The predicted octanol–water partition coefficient (Wildman–Crippen LogP) is 8.01. The van der Waals surface area contributed by atoms with Crippen molar-refractivity contribution in [3.8, 4) is 0 Å². The summed E-state index contributed by atoms with van der Waals surface area (Å²) in [5.74, 6) is 0.621. The van der Waals surface area contributed by atoms with Gasteiger partial charge < -0.3 is 0 Å². The van der Waals surface area contributed by atoms with E-state index in [-0.39, 0.29) is 5.92 Å². The van der Waals surface area contributed by atoms with Crippen LogP contribution in [-0.2, 0) is 0 Å². The fourth-order valence-corrected chi connectivity index (χ4v) is 5.34. The molecule has 0 saturated heterocycles. The highest BCUT2D eigenvalue weighted by Crippen LogP contribution is 2.48. The highest BCUT2D eigenvalue weighted by Gasteiger charge is 2.25. The Morgan fingerprint density at radius 1 is 0.800 bits per heavy atom. The average Bonchev–Trinajstić information content (AvgIpc) is 2.82. The summed E-state index contributed by atoms with van der Waals surface area (Å²) in [6, 6.07) is 26.3. The molecule has 5 rings (SSSR count). The molecule has 148 valence electrons. The van der Waals surface area contributed by atoms with Crippen molar-refractivity contribution in [1.82, 2.24) is 0 Å². The summed E-state index contributed by atoms with van der Waals surface area (Å²) in [5, 5.41) is 0. The lowest BCUT2D eigenvalue weighted by molar-refractivity contribution is 0.878. The summed E-state index contributed by atoms with van der Waals surface area (Å²) in [5.41, 5.74) is 7.59. The molecule has 1 heterocycles. The normalized spacial score (nSPS) is 16.7. The van der Waals surface area contributed by atoms with E-state index in [1.54, 1.807) is 0 Å². The van der Waals surface area contributed by atoms with Gasteiger partial charge in [-0.3, -0.25) is 0 Å². The number of hydrogen-bond acceptors (Lipinski definition) is 2. The summed E-state index contributed by atoms with van der Waals surface area (Å²) in [6.45, 7) is 4.60. The van der Waals surface area contributed by atoms with Crippen LogP contribution in [0.5, 0.6) is 0 Å². The van der Waals surface area contributed by atoms with Gasteiger partial charge in [-0.15, -0.1) is 0 Å². The lowest BCUT2D eigenvalue weighted by Gasteiger charge is -2.26. The number of thioether (sulfide) groups is 1. The Balaban J connectivity index is 1.67. The molecule has 2 aliphatic rings. The molecule has 2 heteroatoms. The second kappa shape index (κ2) is 8.12. The second-order valence-electron chi connectivity index (χ2n) is 8.03. The number of hydrogen-bond donors (Lipinski definition) is 0. The molecule has 3 aromatic carbocycles. The second-order valence-corrected chi connectivity index (χ2v) is 9.11. The van der Waals surface area contributed by atoms with Crippen LogP contribution in [-0.4, -0.2) is 5.71 Å². The topological polar surface area (TPSA) is 12.4 Å². The Labute approximate surface area is 183 Å². The van der Waals surface area contributed by atoms with E-state index in [1.807, 2.05) is 11.8 Å². The van der Waals surface area contributed by atoms with Crippen LogP contribution in [0.2, 0.25) is 0 Å². The van der Waals surface area contributed by atoms with Crippen molar-refractivity contribution < 1.29 is 0 Å². The largest absolute Gasteiger partial charge is 0.246 e. The number of nitrogens with zero attached hydrogens (tertiary/aromatic N) is 1. The number of benzene rings is 3. The first kappa shape index (κ1) is 19.1. The molecule has 0 bridgehead atoms. The lowest BCUT2D eigenvalue weighted by atomic mass is 9.86. The molecule has 0 aromatic heterocycles. The van der Waals surface area contributed by atoms with Crippen LogP contribution < -0.4 is 0 Å². The number of allylic oxidation sites excluding steroid dienone is 4. The van der Waals surface area contributed by atoms with Crippen molar-refractivity contribution in [2.75, 3.05) is 0 Å². The number of rotatable bonds is 4. The van der Waals surface area contributed by atoms with Crippen molar-refractivity contribution in [3.05, 3.63) is 118 Å². The minimum absolute atomic E-state index is 0.283. The monoisotopic (exact) mass is 407 g/mol. The van der Waals surface area contributed by atoms with E-state index in [2.05, 4.69) is 105 Å². The molecule has 0 fully saturated rings. The third kappa shape index (κ3) is 3.57. The molecule has 0 N–H and O–H groups in total. The van der Waals surface area contributed by atoms with Crippen LogP contribution in [0.25, 0.3) is 0 Å². The molecular formula is C28H25NS. The zero-order valence-corrected chi connectivity index (χ0v) is 18.2. The Hall–Kier alpha value is -2.84. The molecule has 0 amide bonds. The molecule has 2 atom stereocenters. The summed E-state index contributed by atoms with van der Waals surface area (Å²) in [4.78, 5) is 7.69. The molecule has 1 nitrogen and oxygen atoms in total. The SMILES string of the molecule is CC(c1ccccc1)c1cc2c(c(C(C)c3ccccc3)c1)N=C1C=CCC=C1S2. The lowest BCUT2D eigenvalue weighted by Crippen LogP contribution is -2.08.